The van der Waals surface area contributed by atoms with E-state index in [0.717, 1.165) is 15.6 Å². The first-order chi connectivity index (χ1) is 16.2. The molecule has 0 aliphatic rings. The van der Waals surface area contributed by atoms with Crippen molar-refractivity contribution in [3.63, 3.8) is 0 Å². The van der Waals surface area contributed by atoms with Crippen molar-refractivity contribution in [1.82, 2.24) is 10.7 Å². The maximum absolute atomic E-state index is 12.7. The first-order valence-electron chi connectivity index (χ1n) is 10.9. The molecule has 0 bridgehead atoms. The molecule has 0 saturated heterocycles. The van der Waals surface area contributed by atoms with Gasteiger partial charge < -0.3 is 14.8 Å². The number of halogens is 3. The minimum atomic E-state index is -0.803. The zero-order chi connectivity index (χ0) is 25.3. The zero-order valence-electron chi connectivity index (χ0n) is 19.5. The fourth-order valence-electron chi connectivity index (χ4n) is 2.91. The minimum Gasteiger partial charge on any atom is -0.490 e. The molecule has 0 radical (unpaired) electrons. The molecule has 10 heteroatoms. The summed E-state index contributed by atoms with van der Waals surface area (Å²) in [5, 5.41) is 7.40. The Balaban J connectivity index is 2.11. The third kappa shape index (κ3) is 8.02. The van der Waals surface area contributed by atoms with Crippen molar-refractivity contribution in [1.29, 1.82) is 0 Å². The highest BCUT2D eigenvalue weighted by atomic mass is 127. The summed E-state index contributed by atoms with van der Waals surface area (Å²) in [6.45, 7) is 8.67. The number of hydrogen-bond acceptors (Lipinski definition) is 5. The van der Waals surface area contributed by atoms with Crippen LogP contribution in [-0.4, -0.2) is 37.3 Å². The number of ether oxygens (including phenoxy) is 2. The number of carbonyl (C=O) groups is 2. The molecule has 2 aromatic carbocycles. The molecule has 0 fully saturated rings. The quantitative estimate of drug-likeness (QED) is 0.192. The van der Waals surface area contributed by atoms with E-state index >= 15 is 0 Å². The summed E-state index contributed by atoms with van der Waals surface area (Å²) in [7, 11) is 0. The lowest BCUT2D eigenvalue weighted by Gasteiger charge is -2.20. The number of carbonyl (C=O) groups excluding carboxylic acids is 2. The molecule has 0 aliphatic carbocycles. The Hall–Kier alpha value is -2.04. The molecule has 1 unspecified atom stereocenters. The molecule has 184 valence electrons. The summed E-state index contributed by atoms with van der Waals surface area (Å²) in [5.41, 5.74) is 3.54. The molecule has 0 aromatic heterocycles. The maximum atomic E-state index is 12.7. The van der Waals surface area contributed by atoms with Crippen LogP contribution in [0.4, 0.5) is 0 Å². The molecule has 0 aliphatic heterocycles. The van der Waals surface area contributed by atoms with Crippen LogP contribution >= 0.6 is 45.8 Å². The highest BCUT2D eigenvalue weighted by Gasteiger charge is 2.25. The van der Waals surface area contributed by atoms with Gasteiger partial charge in [-0.15, -0.1) is 0 Å². The molecule has 0 heterocycles. The third-order valence-corrected chi connectivity index (χ3v) is 6.13. The second-order valence-corrected chi connectivity index (χ2v) is 9.65. The number of nitrogens with zero attached hydrogens (tertiary/aromatic N) is 1. The van der Waals surface area contributed by atoms with Crippen molar-refractivity contribution in [3.05, 3.63) is 55.1 Å². The smallest absolute Gasteiger partial charge is 0.262 e. The van der Waals surface area contributed by atoms with Crippen molar-refractivity contribution in [3.8, 4) is 11.5 Å². The molecule has 2 rings (SSSR count). The molecule has 34 heavy (non-hydrogen) atoms. The highest BCUT2D eigenvalue weighted by Crippen LogP contribution is 2.34. The van der Waals surface area contributed by atoms with Gasteiger partial charge in [-0.1, -0.05) is 44.0 Å². The Bertz CT molecular complexity index is 1050. The monoisotopic (exact) mass is 619 g/mol. The van der Waals surface area contributed by atoms with Crippen molar-refractivity contribution >= 4 is 63.8 Å². The summed E-state index contributed by atoms with van der Waals surface area (Å²) in [4.78, 5) is 25.3. The van der Waals surface area contributed by atoms with E-state index in [-0.39, 0.29) is 10.9 Å². The van der Waals surface area contributed by atoms with Gasteiger partial charge in [-0.3, -0.25) is 9.59 Å². The van der Waals surface area contributed by atoms with Gasteiger partial charge in [-0.25, -0.2) is 5.43 Å². The van der Waals surface area contributed by atoms with Crippen molar-refractivity contribution in [2.45, 2.75) is 40.2 Å². The van der Waals surface area contributed by atoms with Crippen LogP contribution < -0.4 is 20.2 Å². The molecular weight excluding hydrogens is 592 g/mol. The molecule has 7 nitrogen and oxygen atoms in total. The first-order valence-corrected chi connectivity index (χ1v) is 12.7. The van der Waals surface area contributed by atoms with Gasteiger partial charge >= 0.3 is 0 Å². The SMILES string of the molecule is CCCOc1c(I)cc(/C=N/NC(=O)C(NC(=O)c2ccc(Cl)c(Cl)c2)C(C)C)cc1OCC. The molecular formula is C24H28Cl2IN3O4. The van der Waals surface area contributed by atoms with E-state index in [1.54, 1.807) is 12.1 Å². The van der Waals surface area contributed by atoms with Crippen LogP contribution in [0.5, 0.6) is 11.5 Å². The van der Waals surface area contributed by atoms with Gasteiger partial charge in [-0.2, -0.15) is 5.10 Å². The van der Waals surface area contributed by atoms with E-state index < -0.39 is 17.9 Å². The molecule has 0 spiro atoms. The predicted octanol–water partition coefficient (Wildman–Crippen LogP) is 5.69. The number of benzene rings is 2. The summed E-state index contributed by atoms with van der Waals surface area (Å²) in [6, 6.07) is 7.42. The van der Waals surface area contributed by atoms with E-state index in [9.17, 15) is 9.59 Å². The Labute approximate surface area is 223 Å². The Morgan fingerprint density at radius 1 is 1.12 bits per heavy atom. The van der Waals surface area contributed by atoms with E-state index in [2.05, 4.69) is 38.4 Å². The standard InChI is InChI=1S/C24H28Cl2IN3O4/c1-5-9-34-22-19(27)10-15(11-20(22)33-6-2)13-28-30-24(32)21(14(3)4)29-23(31)16-7-8-17(25)18(26)12-16/h7-8,10-14,21H,5-6,9H2,1-4H3,(H,29,31)(H,30,32)/b28-13+. The van der Waals surface area contributed by atoms with Crippen LogP contribution in [-0.2, 0) is 4.79 Å². The molecule has 2 N–H and O–H groups in total. The topological polar surface area (TPSA) is 89.0 Å². The lowest BCUT2D eigenvalue weighted by Crippen LogP contribution is -2.48. The normalized spacial score (nSPS) is 12.0. The number of rotatable bonds is 11. The van der Waals surface area contributed by atoms with Gasteiger partial charge in [0.1, 0.15) is 6.04 Å². The summed E-state index contributed by atoms with van der Waals surface area (Å²) in [6.07, 6.45) is 2.40. The van der Waals surface area contributed by atoms with E-state index in [0.29, 0.717) is 35.3 Å². The van der Waals surface area contributed by atoms with Crippen LogP contribution in [0.25, 0.3) is 0 Å². The lowest BCUT2D eigenvalue weighted by molar-refractivity contribution is -0.123. The number of hydrogen-bond donors (Lipinski definition) is 2. The van der Waals surface area contributed by atoms with E-state index in [1.807, 2.05) is 33.8 Å². The van der Waals surface area contributed by atoms with Crippen LogP contribution in [0.1, 0.15) is 50.0 Å². The molecule has 2 amide bonds. The first kappa shape index (κ1) is 28.2. The second kappa shape index (κ2) is 13.7. The highest BCUT2D eigenvalue weighted by molar-refractivity contribution is 14.1. The average molecular weight is 620 g/mol. The van der Waals surface area contributed by atoms with Gasteiger partial charge in [0.2, 0.25) is 0 Å². The average Bonchev–Trinajstić information content (AvgIpc) is 2.78. The lowest BCUT2D eigenvalue weighted by atomic mass is 10.0. The van der Waals surface area contributed by atoms with Gasteiger partial charge in [0.05, 0.1) is 33.0 Å². The van der Waals surface area contributed by atoms with Crippen LogP contribution in [0.15, 0.2) is 35.4 Å². The van der Waals surface area contributed by atoms with Gasteiger partial charge in [0.25, 0.3) is 11.8 Å². The molecule has 2 aromatic rings. The van der Waals surface area contributed by atoms with Crippen molar-refractivity contribution in [2.24, 2.45) is 11.0 Å². The summed E-state index contributed by atoms with van der Waals surface area (Å²) < 4.78 is 12.4. The number of nitrogens with one attached hydrogen (secondary N) is 2. The largest absolute Gasteiger partial charge is 0.490 e. The van der Waals surface area contributed by atoms with Gasteiger partial charge in [-0.05, 0) is 77.7 Å². The van der Waals surface area contributed by atoms with E-state index in [1.165, 1.54) is 18.3 Å². The number of hydrazone groups is 1. The Kier molecular flexibility index (Phi) is 11.4. The minimum absolute atomic E-state index is 0.178. The maximum Gasteiger partial charge on any atom is 0.262 e. The molecule has 0 saturated carbocycles. The summed E-state index contributed by atoms with van der Waals surface area (Å²) >= 11 is 14.1. The van der Waals surface area contributed by atoms with Crippen LogP contribution in [0.2, 0.25) is 10.0 Å². The van der Waals surface area contributed by atoms with Crippen molar-refractivity contribution in [2.75, 3.05) is 13.2 Å². The molecule has 1 atom stereocenters. The Morgan fingerprint density at radius 3 is 2.47 bits per heavy atom. The fraction of sp³-hybridized carbons (Fsp3) is 0.375. The Morgan fingerprint density at radius 2 is 1.85 bits per heavy atom. The predicted molar refractivity (Wildman–Crippen MR) is 144 cm³/mol. The van der Waals surface area contributed by atoms with Crippen LogP contribution in [0.3, 0.4) is 0 Å². The third-order valence-electron chi connectivity index (χ3n) is 4.59. The van der Waals surface area contributed by atoms with Crippen molar-refractivity contribution < 1.29 is 19.1 Å². The summed E-state index contributed by atoms with van der Waals surface area (Å²) in [5.74, 6) is 0.250. The van der Waals surface area contributed by atoms with Gasteiger partial charge in [0, 0.05) is 5.56 Å². The van der Waals surface area contributed by atoms with Gasteiger partial charge in [0.15, 0.2) is 11.5 Å². The second-order valence-electron chi connectivity index (χ2n) is 7.67. The fourth-order valence-corrected chi connectivity index (χ4v) is 3.99. The van der Waals surface area contributed by atoms with E-state index in [4.69, 9.17) is 32.7 Å². The number of amides is 2. The zero-order valence-corrected chi connectivity index (χ0v) is 23.1. The van der Waals surface area contributed by atoms with Crippen LogP contribution in [0, 0.1) is 9.49 Å².